The van der Waals surface area contributed by atoms with E-state index in [1.54, 1.807) is 18.3 Å². The van der Waals surface area contributed by atoms with Gasteiger partial charge in [0.05, 0.1) is 22.2 Å². The number of benzene rings is 1. The summed E-state index contributed by atoms with van der Waals surface area (Å²) in [5, 5.41) is 8.24. The highest BCUT2D eigenvalue weighted by Crippen LogP contribution is 2.23. The van der Waals surface area contributed by atoms with Gasteiger partial charge < -0.3 is 9.80 Å². The first-order chi connectivity index (χ1) is 11.7. The lowest BCUT2D eigenvalue weighted by molar-refractivity contribution is 0.0747. The van der Waals surface area contributed by atoms with Crippen molar-refractivity contribution in [3.8, 4) is 0 Å². The Morgan fingerprint density at radius 2 is 1.92 bits per heavy atom. The number of hydrogen-bond donors (Lipinski definition) is 1. The molecule has 0 atom stereocenters. The van der Waals surface area contributed by atoms with Gasteiger partial charge in [-0.15, -0.1) is 0 Å². The summed E-state index contributed by atoms with van der Waals surface area (Å²) in [4.78, 5) is 25.1. The summed E-state index contributed by atoms with van der Waals surface area (Å²) in [6, 6.07) is 7.15. The van der Waals surface area contributed by atoms with Gasteiger partial charge in [-0.1, -0.05) is 23.7 Å². The molecule has 1 amide bonds. The van der Waals surface area contributed by atoms with Crippen LogP contribution >= 0.6 is 11.6 Å². The summed E-state index contributed by atoms with van der Waals surface area (Å²) < 4.78 is 0. The predicted molar refractivity (Wildman–Crippen MR) is 91.3 cm³/mol. The molecule has 0 spiro atoms. The Morgan fingerprint density at radius 3 is 2.71 bits per heavy atom. The largest absolute Gasteiger partial charge is 0.352 e. The molecule has 1 aliphatic heterocycles. The molecule has 0 bridgehead atoms. The second-order valence-corrected chi connectivity index (χ2v) is 6.00. The maximum Gasteiger partial charge on any atom is 0.255 e. The maximum absolute atomic E-state index is 12.6. The van der Waals surface area contributed by atoms with Gasteiger partial charge in [-0.2, -0.15) is 5.10 Å². The molecule has 7 nitrogen and oxygen atoms in total. The van der Waals surface area contributed by atoms with Crippen LogP contribution in [0.4, 0.5) is 5.82 Å². The van der Waals surface area contributed by atoms with Crippen LogP contribution < -0.4 is 4.90 Å². The van der Waals surface area contributed by atoms with Gasteiger partial charge in [-0.05, 0) is 12.1 Å². The topological polar surface area (TPSA) is 78.0 Å². The van der Waals surface area contributed by atoms with Gasteiger partial charge in [0.25, 0.3) is 5.91 Å². The van der Waals surface area contributed by atoms with Gasteiger partial charge >= 0.3 is 0 Å². The van der Waals surface area contributed by atoms with E-state index in [1.165, 1.54) is 6.33 Å². The minimum atomic E-state index is -0.0311. The fraction of sp³-hybridized carbons (Fsp3) is 0.250. The lowest BCUT2D eigenvalue weighted by Gasteiger charge is -2.35. The molecule has 0 radical (unpaired) electrons. The third kappa shape index (κ3) is 2.56. The average molecular weight is 343 g/mol. The first kappa shape index (κ1) is 14.9. The van der Waals surface area contributed by atoms with Crippen molar-refractivity contribution >= 4 is 34.4 Å². The zero-order valence-corrected chi connectivity index (χ0v) is 13.6. The van der Waals surface area contributed by atoms with Crippen molar-refractivity contribution in [3.05, 3.63) is 47.4 Å². The summed E-state index contributed by atoms with van der Waals surface area (Å²) in [5.74, 6) is 0.815. The van der Waals surface area contributed by atoms with Gasteiger partial charge in [-0.25, -0.2) is 9.97 Å². The highest BCUT2D eigenvalue weighted by atomic mass is 35.5. The van der Waals surface area contributed by atoms with Crippen LogP contribution in [0.1, 0.15) is 10.4 Å². The molecule has 3 aromatic rings. The summed E-state index contributed by atoms with van der Waals surface area (Å²) in [6.07, 6.45) is 3.25. The Bertz CT molecular complexity index is 887. The van der Waals surface area contributed by atoms with Gasteiger partial charge in [0, 0.05) is 26.2 Å². The maximum atomic E-state index is 12.6. The molecule has 0 aliphatic carbocycles. The number of anilines is 1. The van der Waals surface area contributed by atoms with E-state index >= 15 is 0 Å². The molecule has 0 unspecified atom stereocenters. The first-order valence-corrected chi connectivity index (χ1v) is 8.04. The Kier molecular flexibility index (Phi) is 3.78. The van der Waals surface area contributed by atoms with E-state index in [0.717, 1.165) is 16.9 Å². The minimum Gasteiger partial charge on any atom is -0.352 e. The SMILES string of the molecule is O=C(c1ccccc1Cl)N1CCN(c2ncnc3[nH]ncc23)CC1. The molecule has 0 saturated carbocycles. The van der Waals surface area contributed by atoms with E-state index in [-0.39, 0.29) is 5.91 Å². The zero-order valence-electron chi connectivity index (χ0n) is 12.8. The number of nitrogens with one attached hydrogen (secondary N) is 1. The highest BCUT2D eigenvalue weighted by Gasteiger charge is 2.25. The number of carbonyl (C=O) groups excluding carboxylic acids is 1. The van der Waals surface area contributed by atoms with Crippen molar-refractivity contribution in [1.29, 1.82) is 0 Å². The third-order valence-corrected chi connectivity index (χ3v) is 4.53. The summed E-state index contributed by atoms with van der Waals surface area (Å²) in [7, 11) is 0. The number of halogens is 1. The molecule has 1 saturated heterocycles. The Labute approximate surface area is 143 Å². The average Bonchev–Trinajstić information content (AvgIpc) is 3.10. The number of H-pyrrole nitrogens is 1. The van der Waals surface area contributed by atoms with Crippen LogP contribution in [0.25, 0.3) is 11.0 Å². The highest BCUT2D eigenvalue weighted by molar-refractivity contribution is 6.33. The number of fused-ring (bicyclic) bond motifs is 1. The molecule has 3 heterocycles. The zero-order chi connectivity index (χ0) is 16.5. The summed E-state index contributed by atoms with van der Waals surface area (Å²) >= 11 is 6.13. The number of carbonyl (C=O) groups is 1. The molecule has 1 fully saturated rings. The van der Waals surface area contributed by atoms with Gasteiger partial charge in [0.1, 0.15) is 12.1 Å². The summed E-state index contributed by atoms with van der Waals surface area (Å²) in [5.41, 5.74) is 1.27. The quantitative estimate of drug-likeness (QED) is 0.770. The minimum absolute atomic E-state index is 0.0311. The van der Waals surface area contributed by atoms with Crippen LogP contribution in [0.2, 0.25) is 5.02 Å². The van der Waals surface area contributed by atoms with Crippen LogP contribution in [-0.2, 0) is 0 Å². The summed E-state index contributed by atoms with van der Waals surface area (Å²) in [6.45, 7) is 2.64. The van der Waals surface area contributed by atoms with E-state index in [1.807, 2.05) is 17.0 Å². The van der Waals surface area contributed by atoms with Crippen LogP contribution in [-0.4, -0.2) is 57.2 Å². The van der Waals surface area contributed by atoms with E-state index < -0.39 is 0 Å². The van der Waals surface area contributed by atoms with E-state index in [4.69, 9.17) is 11.6 Å². The smallest absolute Gasteiger partial charge is 0.255 e. The fourth-order valence-corrected chi connectivity index (χ4v) is 3.15. The normalized spacial score (nSPS) is 15.0. The number of hydrogen-bond acceptors (Lipinski definition) is 5. The molecular weight excluding hydrogens is 328 g/mol. The number of aromatic amines is 1. The number of piperazine rings is 1. The molecule has 2 aromatic heterocycles. The van der Waals surface area contributed by atoms with Crippen molar-refractivity contribution in [1.82, 2.24) is 25.1 Å². The van der Waals surface area contributed by atoms with Gasteiger partial charge in [0.2, 0.25) is 0 Å². The molecule has 1 N–H and O–H groups in total. The van der Waals surface area contributed by atoms with E-state index in [9.17, 15) is 4.79 Å². The van der Waals surface area contributed by atoms with E-state index in [0.29, 0.717) is 36.8 Å². The van der Waals surface area contributed by atoms with Crippen LogP contribution in [0.3, 0.4) is 0 Å². The number of nitrogens with zero attached hydrogens (tertiary/aromatic N) is 5. The fourth-order valence-electron chi connectivity index (χ4n) is 2.93. The van der Waals surface area contributed by atoms with Crippen molar-refractivity contribution in [3.63, 3.8) is 0 Å². The van der Waals surface area contributed by atoms with Crippen LogP contribution in [0, 0.1) is 0 Å². The Morgan fingerprint density at radius 1 is 1.12 bits per heavy atom. The molecule has 122 valence electrons. The van der Waals surface area contributed by atoms with E-state index in [2.05, 4.69) is 25.1 Å². The second-order valence-electron chi connectivity index (χ2n) is 5.59. The van der Waals surface area contributed by atoms with Gasteiger partial charge in [0.15, 0.2) is 5.65 Å². The molecule has 8 heteroatoms. The number of rotatable bonds is 2. The Hall–Kier alpha value is -2.67. The predicted octanol–water partition coefficient (Wildman–Crippen LogP) is 1.97. The molecule has 1 aromatic carbocycles. The molecule has 4 rings (SSSR count). The lowest BCUT2D eigenvalue weighted by atomic mass is 10.1. The van der Waals surface area contributed by atoms with Crippen molar-refractivity contribution in [2.24, 2.45) is 0 Å². The number of amides is 1. The van der Waals surface area contributed by atoms with Crippen molar-refractivity contribution < 1.29 is 4.79 Å². The monoisotopic (exact) mass is 342 g/mol. The lowest BCUT2D eigenvalue weighted by Crippen LogP contribution is -2.49. The first-order valence-electron chi connectivity index (χ1n) is 7.67. The molecule has 1 aliphatic rings. The molecular formula is C16H15ClN6O. The van der Waals surface area contributed by atoms with Crippen LogP contribution in [0.5, 0.6) is 0 Å². The third-order valence-electron chi connectivity index (χ3n) is 4.20. The second kappa shape index (κ2) is 6.09. The van der Waals surface area contributed by atoms with Crippen molar-refractivity contribution in [2.45, 2.75) is 0 Å². The molecule has 24 heavy (non-hydrogen) atoms. The Balaban J connectivity index is 1.50. The van der Waals surface area contributed by atoms with Gasteiger partial charge in [-0.3, -0.25) is 9.89 Å². The van der Waals surface area contributed by atoms with Crippen molar-refractivity contribution in [2.75, 3.05) is 31.1 Å². The standard InChI is InChI=1S/C16H15ClN6O/c17-13-4-2-1-3-11(13)16(24)23-7-5-22(6-8-23)15-12-9-20-21-14(12)18-10-19-15/h1-4,9-10H,5-8H2,(H,18,19,20,21). The number of aromatic nitrogens is 4. The van der Waals surface area contributed by atoms with Crippen LogP contribution in [0.15, 0.2) is 36.8 Å².